The van der Waals surface area contributed by atoms with Crippen molar-refractivity contribution in [3.05, 3.63) is 20.8 Å². The van der Waals surface area contributed by atoms with E-state index in [1.54, 1.807) is 11.3 Å². The average Bonchev–Trinajstić information content (AvgIpc) is 2.74. The number of hydrogen-bond donors (Lipinski definition) is 1. The van der Waals surface area contributed by atoms with Gasteiger partial charge >= 0.3 is 0 Å². The molecule has 1 aromatic heterocycles. The summed E-state index contributed by atoms with van der Waals surface area (Å²) < 4.78 is 6.80. The average molecular weight is 304 g/mol. The van der Waals surface area contributed by atoms with Crippen LogP contribution in [-0.4, -0.2) is 19.8 Å². The summed E-state index contributed by atoms with van der Waals surface area (Å²) >= 11 is 5.29. The van der Waals surface area contributed by atoms with Crippen molar-refractivity contribution in [1.82, 2.24) is 5.32 Å². The molecule has 16 heavy (non-hydrogen) atoms. The quantitative estimate of drug-likeness (QED) is 0.918. The Kier molecular flexibility index (Phi) is 4.82. The van der Waals surface area contributed by atoms with Gasteiger partial charge in [-0.25, -0.2) is 0 Å². The standard InChI is InChI=1S/C12H18BrNOS/c1-2-14-12(9-4-3-5-15-7-9)10-6-11(13)16-8-10/h6,8-9,12,14H,2-5,7H2,1H3. The summed E-state index contributed by atoms with van der Waals surface area (Å²) in [6.07, 6.45) is 2.46. The van der Waals surface area contributed by atoms with Gasteiger partial charge in [0.05, 0.1) is 10.4 Å². The predicted octanol–water partition coefficient (Wildman–Crippen LogP) is 3.59. The SMILES string of the molecule is CCNC(c1csc(Br)c1)C1CCCOC1. The maximum atomic E-state index is 5.59. The van der Waals surface area contributed by atoms with E-state index in [9.17, 15) is 0 Å². The molecule has 0 spiro atoms. The zero-order chi connectivity index (χ0) is 11.4. The molecule has 2 rings (SSSR count). The normalized spacial score (nSPS) is 23.2. The third-order valence-electron chi connectivity index (χ3n) is 3.04. The van der Waals surface area contributed by atoms with Gasteiger partial charge < -0.3 is 10.1 Å². The highest BCUT2D eigenvalue weighted by atomic mass is 79.9. The molecule has 1 saturated heterocycles. The molecule has 0 saturated carbocycles. The second-order valence-corrected chi connectivity index (χ2v) is 6.49. The molecule has 4 heteroatoms. The van der Waals surface area contributed by atoms with Crippen molar-refractivity contribution in [1.29, 1.82) is 0 Å². The molecule has 1 fully saturated rings. The summed E-state index contributed by atoms with van der Waals surface area (Å²) in [6.45, 7) is 5.00. The van der Waals surface area contributed by atoms with Crippen LogP contribution < -0.4 is 5.32 Å². The topological polar surface area (TPSA) is 21.3 Å². The highest BCUT2D eigenvalue weighted by molar-refractivity contribution is 9.11. The van der Waals surface area contributed by atoms with Gasteiger partial charge in [-0.05, 0) is 52.3 Å². The molecule has 2 nitrogen and oxygen atoms in total. The Balaban J connectivity index is 2.09. The molecular formula is C12H18BrNOS. The van der Waals surface area contributed by atoms with Crippen LogP contribution >= 0.6 is 27.3 Å². The molecule has 2 unspecified atom stereocenters. The summed E-state index contributed by atoms with van der Waals surface area (Å²) in [6, 6.07) is 2.68. The van der Waals surface area contributed by atoms with Crippen molar-refractivity contribution in [2.45, 2.75) is 25.8 Å². The lowest BCUT2D eigenvalue weighted by Gasteiger charge is -2.30. The molecule has 0 bridgehead atoms. The third kappa shape index (κ3) is 3.06. The monoisotopic (exact) mass is 303 g/mol. The van der Waals surface area contributed by atoms with E-state index in [2.05, 4.69) is 39.6 Å². The summed E-state index contributed by atoms with van der Waals surface area (Å²) in [5.74, 6) is 0.621. The lowest BCUT2D eigenvalue weighted by molar-refractivity contribution is 0.0393. The zero-order valence-corrected chi connectivity index (χ0v) is 11.9. The number of nitrogens with one attached hydrogen (secondary N) is 1. The Morgan fingerprint density at radius 2 is 2.56 bits per heavy atom. The molecule has 2 atom stereocenters. The van der Waals surface area contributed by atoms with Crippen LogP contribution in [0.25, 0.3) is 0 Å². The van der Waals surface area contributed by atoms with Crippen molar-refractivity contribution in [3.63, 3.8) is 0 Å². The first kappa shape index (κ1) is 12.6. The Morgan fingerprint density at radius 3 is 3.12 bits per heavy atom. The minimum Gasteiger partial charge on any atom is -0.381 e. The van der Waals surface area contributed by atoms with Crippen LogP contribution in [0.5, 0.6) is 0 Å². The summed E-state index contributed by atoms with van der Waals surface area (Å²) in [5, 5.41) is 5.83. The maximum Gasteiger partial charge on any atom is 0.0701 e. The first-order chi connectivity index (χ1) is 7.81. The molecule has 2 heterocycles. The van der Waals surface area contributed by atoms with E-state index in [0.29, 0.717) is 12.0 Å². The van der Waals surface area contributed by atoms with Gasteiger partial charge in [0.2, 0.25) is 0 Å². The Labute approximate surface area is 110 Å². The van der Waals surface area contributed by atoms with Crippen LogP contribution in [0, 0.1) is 5.92 Å². The number of hydrogen-bond acceptors (Lipinski definition) is 3. The van der Waals surface area contributed by atoms with Crippen LogP contribution in [0.15, 0.2) is 15.2 Å². The largest absolute Gasteiger partial charge is 0.381 e. The van der Waals surface area contributed by atoms with Crippen molar-refractivity contribution in [3.8, 4) is 0 Å². The molecule has 1 aliphatic heterocycles. The molecule has 1 aromatic rings. The lowest BCUT2D eigenvalue weighted by atomic mass is 9.90. The number of thiophene rings is 1. The van der Waals surface area contributed by atoms with Gasteiger partial charge in [0, 0.05) is 18.6 Å². The lowest BCUT2D eigenvalue weighted by Crippen LogP contribution is -2.33. The van der Waals surface area contributed by atoms with E-state index in [0.717, 1.165) is 19.8 Å². The van der Waals surface area contributed by atoms with Gasteiger partial charge in [-0.15, -0.1) is 11.3 Å². The van der Waals surface area contributed by atoms with Crippen LogP contribution in [-0.2, 0) is 4.74 Å². The molecular weight excluding hydrogens is 286 g/mol. The summed E-state index contributed by atoms with van der Waals surface area (Å²) in [7, 11) is 0. The number of ether oxygens (including phenoxy) is 1. The first-order valence-electron chi connectivity index (χ1n) is 5.86. The fourth-order valence-corrected chi connectivity index (χ4v) is 3.50. The molecule has 90 valence electrons. The highest BCUT2D eigenvalue weighted by Gasteiger charge is 2.25. The van der Waals surface area contributed by atoms with E-state index in [4.69, 9.17) is 4.74 Å². The molecule has 1 N–H and O–H groups in total. The van der Waals surface area contributed by atoms with Crippen molar-refractivity contribution in [2.24, 2.45) is 5.92 Å². The zero-order valence-electron chi connectivity index (χ0n) is 9.54. The smallest absolute Gasteiger partial charge is 0.0701 e. The van der Waals surface area contributed by atoms with Crippen molar-refractivity contribution < 1.29 is 4.74 Å². The molecule has 1 aliphatic rings. The Hall–Kier alpha value is 0.1000. The summed E-state index contributed by atoms with van der Waals surface area (Å²) in [4.78, 5) is 0. The first-order valence-corrected chi connectivity index (χ1v) is 7.53. The van der Waals surface area contributed by atoms with Gasteiger partial charge in [0.15, 0.2) is 0 Å². The second-order valence-electron chi connectivity index (χ2n) is 4.20. The molecule has 0 aromatic carbocycles. The van der Waals surface area contributed by atoms with E-state index in [-0.39, 0.29) is 0 Å². The van der Waals surface area contributed by atoms with E-state index in [1.165, 1.54) is 22.2 Å². The number of halogens is 1. The number of rotatable bonds is 4. The van der Waals surface area contributed by atoms with Gasteiger partial charge in [-0.2, -0.15) is 0 Å². The summed E-state index contributed by atoms with van der Waals surface area (Å²) in [5.41, 5.74) is 1.40. The van der Waals surface area contributed by atoms with Crippen molar-refractivity contribution >= 4 is 27.3 Å². The molecule has 0 radical (unpaired) electrons. The van der Waals surface area contributed by atoms with E-state index < -0.39 is 0 Å². The minimum atomic E-state index is 0.452. The highest BCUT2D eigenvalue weighted by Crippen LogP contribution is 2.33. The van der Waals surface area contributed by atoms with Gasteiger partial charge in [-0.1, -0.05) is 6.92 Å². The maximum absolute atomic E-state index is 5.59. The van der Waals surface area contributed by atoms with Gasteiger partial charge in [-0.3, -0.25) is 0 Å². The van der Waals surface area contributed by atoms with Gasteiger partial charge in [0.25, 0.3) is 0 Å². The van der Waals surface area contributed by atoms with Crippen LogP contribution in [0.3, 0.4) is 0 Å². The Morgan fingerprint density at radius 1 is 1.69 bits per heavy atom. The van der Waals surface area contributed by atoms with Crippen molar-refractivity contribution in [2.75, 3.05) is 19.8 Å². The van der Waals surface area contributed by atoms with Crippen LogP contribution in [0.2, 0.25) is 0 Å². The Bertz CT molecular complexity index is 323. The van der Waals surface area contributed by atoms with Gasteiger partial charge in [0.1, 0.15) is 0 Å². The van der Waals surface area contributed by atoms with Crippen LogP contribution in [0.1, 0.15) is 31.4 Å². The van der Waals surface area contributed by atoms with Crippen LogP contribution in [0.4, 0.5) is 0 Å². The fourth-order valence-electron chi connectivity index (χ4n) is 2.29. The van der Waals surface area contributed by atoms with E-state index >= 15 is 0 Å². The fraction of sp³-hybridized carbons (Fsp3) is 0.667. The third-order valence-corrected chi connectivity index (χ3v) is 4.56. The van der Waals surface area contributed by atoms with E-state index in [1.807, 2.05) is 0 Å². The second kappa shape index (κ2) is 6.15. The predicted molar refractivity (Wildman–Crippen MR) is 72.0 cm³/mol. The minimum absolute atomic E-state index is 0.452. The molecule has 0 aliphatic carbocycles. The molecule has 0 amide bonds.